The number of hydrogen-bond donors (Lipinski definition) is 2. The van der Waals surface area contributed by atoms with Crippen LogP contribution in [0.3, 0.4) is 0 Å². The first-order valence-corrected chi connectivity index (χ1v) is 6.90. The number of anilines is 2. The molecule has 1 fully saturated rings. The van der Waals surface area contributed by atoms with Crippen molar-refractivity contribution in [3.05, 3.63) is 22.2 Å². The van der Waals surface area contributed by atoms with E-state index >= 15 is 0 Å². The average Bonchev–Trinajstić information content (AvgIpc) is 2.47. The second kappa shape index (κ2) is 6.51. The van der Waals surface area contributed by atoms with Crippen LogP contribution in [0.25, 0.3) is 0 Å². The highest BCUT2D eigenvalue weighted by atomic mass is 16.6. The van der Waals surface area contributed by atoms with Gasteiger partial charge in [0.1, 0.15) is 11.6 Å². The van der Waals surface area contributed by atoms with Crippen molar-refractivity contribution < 1.29 is 10.0 Å². The van der Waals surface area contributed by atoms with Crippen molar-refractivity contribution in [1.29, 1.82) is 0 Å². The molecule has 1 atom stereocenters. The van der Waals surface area contributed by atoms with Crippen molar-refractivity contribution in [3.63, 3.8) is 0 Å². The average molecular weight is 280 g/mol. The van der Waals surface area contributed by atoms with Gasteiger partial charge in [0.15, 0.2) is 0 Å². The van der Waals surface area contributed by atoms with Crippen LogP contribution >= 0.6 is 0 Å². The lowest BCUT2D eigenvalue weighted by molar-refractivity contribution is -0.384. The standard InChI is InChI=1S/C13H20N4O3/c1-2-14-12-6-11(17(19)20)7-13(15-12)16-5-3-4-10(8-16)9-18/h6-7,10,18H,2-5,8-9H2,1H3,(H,14,15). The number of aliphatic hydroxyl groups is 1. The number of rotatable bonds is 5. The molecule has 2 N–H and O–H groups in total. The Bertz CT molecular complexity index is 481. The zero-order valence-corrected chi connectivity index (χ0v) is 11.6. The van der Waals surface area contributed by atoms with Gasteiger partial charge in [0.2, 0.25) is 0 Å². The van der Waals surface area contributed by atoms with Crippen LogP contribution in [0.2, 0.25) is 0 Å². The van der Waals surface area contributed by atoms with Crippen LogP contribution in [-0.2, 0) is 0 Å². The molecule has 0 bridgehead atoms. The summed E-state index contributed by atoms with van der Waals surface area (Å²) >= 11 is 0. The summed E-state index contributed by atoms with van der Waals surface area (Å²) < 4.78 is 0. The zero-order chi connectivity index (χ0) is 14.5. The fourth-order valence-corrected chi connectivity index (χ4v) is 2.46. The normalized spacial score (nSPS) is 18.9. The number of pyridine rings is 1. The van der Waals surface area contributed by atoms with E-state index in [-0.39, 0.29) is 18.2 Å². The van der Waals surface area contributed by atoms with Gasteiger partial charge in [-0.2, -0.15) is 0 Å². The highest BCUT2D eigenvalue weighted by Crippen LogP contribution is 2.27. The molecule has 1 unspecified atom stereocenters. The van der Waals surface area contributed by atoms with Crippen molar-refractivity contribution in [3.8, 4) is 0 Å². The molecule has 110 valence electrons. The minimum Gasteiger partial charge on any atom is -0.396 e. The second-order valence-corrected chi connectivity index (χ2v) is 4.99. The van der Waals surface area contributed by atoms with Crippen molar-refractivity contribution >= 4 is 17.3 Å². The maximum atomic E-state index is 11.0. The predicted octanol–water partition coefficient (Wildman–Crippen LogP) is 1.63. The Morgan fingerprint density at radius 2 is 2.40 bits per heavy atom. The number of nitrogens with zero attached hydrogens (tertiary/aromatic N) is 3. The van der Waals surface area contributed by atoms with Gasteiger partial charge in [-0.05, 0) is 25.7 Å². The first-order chi connectivity index (χ1) is 9.63. The Kier molecular flexibility index (Phi) is 4.73. The minimum absolute atomic E-state index is 0.0390. The third-order valence-corrected chi connectivity index (χ3v) is 3.47. The summed E-state index contributed by atoms with van der Waals surface area (Å²) in [6.07, 6.45) is 1.95. The minimum atomic E-state index is -0.403. The van der Waals surface area contributed by atoms with Gasteiger partial charge < -0.3 is 15.3 Å². The SMILES string of the molecule is CCNc1cc([N+](=O)[O-])cc(N2CCCC(CO)C2)n1. The number of aliphatic hydroxyl groups excluding tert-OH is 1. The first-order valence-electron chi connectivity index (χ1n) is 6.90. The van der Waals surface area contributed by atoms with E-state index in [0.717, 1.165) is 19.4 Å². The lowest BCUT2D eigenvalue weighted by Gasteiger charge is -2.32. The molecule has 2 heterocycles. The number of aromatic nitrogens is 1. The van der Waals surface area contributed by atoms with Gasteiger partial charge in [0, 0.05) is 26.2 Å². The summed E-state index contributed by atoms with van der Waals surface area (Å²) in [5.74, 6) is 1.34. The fourth-order valence-electron chi connectivity index (χ4n) is 2.46. The van der Waals surface area contributed by atoms with E-state index in [0.29, 0.717) is 24.7 Å². The largest absolute Gasteiger partial charge is 0.396 e. The molecule has 0 amide bonds. The number of nitrogens with one attached hydrogen (secondary N) is 1. The van der Waals surface area contributed by atoms with Crippen LogP contribution in [0.4, 0.5) is 17.3 Å². The molecule has 0 aromatic carbocycles. The summed E-state index contributed by atoms with van der Waals surface area (Å²) in [7, 11) is 0. The Labute approximate surface area is 117 Å². The molecule has 1 aromatic rings. The van der Waals surface area contributed by atoms with Crippen LogP contribution < -0.4 is 10.2 Å². The molecule has 1 aliphatic heterocycles. The molecule has 20 heavy (non-hydrogen) atoms. The van der Waals surface area contributed by atoms with E-state index in [4.69, 9.17) is 0 Å². The van der Waals surface area contributed by atoms with Crippen molar-refractivity contribution in [2.45, 2.75) is 19.8 Å². The highest BCUT2D eigenvalue weighted by Gasteiger charge is 2.22. The van der Waals surface area contributed by atoms with Gasteiger partial charge in [0.05, 0.1) is 17.1 Å². The van der Waals surface area contributed by atoms with Crippen LogP contribution in [0.15, 0.2) is 12.1 Å². The second-order valence-electron chi connectivity index (χ2n) is 4.99. The first kappa shape index (κ1) is 14.5. The van der Waals surface area contributed by atoms with E-state index in [1.165, 1.54) is 12.1 Å². The fraction of sp³-hybridized carbons (Fsp3) is 0.615. The van der Waals surface area contributed by atoms with E-state index in [9.17, 15) is 15.2 Å². The molecule has 0 radical (unpaired) electrons. The summed E-state index contributed by atoms with van der Waals surface area (Å²) in [5.41, 5.74) is 0.0390. The molecule has 7 nitrogen and oxygen atoms in total. The van der Waals surface area contributed by atoms with Gasteiger partial charge in [-0.1, -0.05) is 0 Å². The third kappa shape index (κ3) is 3.36. The predicted molar refractivity (Wildman–Crippen MR) is 77.1 cm³/mol. The Morgan fingerprint density at radius 3 is 3.05 bits per heavy atom. The van der Waals surface area contributed by atoms with Crippen molar-refractivity contribution in [1.82, 2.24) is 4.98 Å². The van der Waals surface area contributed by atoms with Crippen molar-refractivity contribution in [2.24, 2.45) is 5.92 Å². The topological polar surface area (TPSA) is 91.5 Å². The van der Waals surface area contributed by atoms with Gasteiger partial charge in [-0.25, -0.2) is 4.98 Å². The van der Waals surface area contributed by atoms with Crippen LogP contribution in [0.5, 0.6) is 0 Å². The zero-order valence-electron chi connectivity index (χ0n) is 11.6. The number of nitro groups is 1. The molecule has 0 saturated carbocycles. The lowest BCUT2D eigenvalue weighted by atomic mass is 9.99. The summed E-state index contributed by atoms with van der Waals surface area (Å²) in [5, 5.41) is 23.3. The number of piperidine rings is 1. The number of hydrogen-bond acceptors (Lipinski definition) is 6. The quantitative estimate of drug-likeness (QED) is 0.629. The maximum Gasteiger partial charge on any atom is 0.276 e. The van der Waals surface area contributed by atoms with E-state index < -0.39 is 4.92 Å². The molecule has 1 aromatic heterocycles. The Hall–Kier alpha value is -1.89. The molecule has 7 heteroatoms. The Morgan fingerprint density at radius 1 is 1.60 bits per heavy atom. The molecular weight excluding hydrogens is 260 g/mol. The maximum absolute atomic E-state index is 11.0. The van der Waals surface area contributed by atoms with Gasteiger partial charge >= 0.3 is 0 Å². The van der Waals surface area contributed by atoms with Gasteiger partial charge in [-0.15, -0.1) is 0 Å². The Balaban J connectivity index is 2.27. The smallest absolute Gasteiger partial charge is 0.276 e. The van der Waals surface area contributed by atoms with E-state index in [1.54, 1.807) is 0 Å². The van der Waals surface area contributed by atoms with Crippen molar-refractivity contribution in [2.75, 3.05) is 36.5 Å². The molecule has 0 spiro atoms. The molecule has 1 aliphatic rings. The van der Waals surface area contributed by atoms with Gasteiger partial charge in [-0.3, -0.25) is 10.1 Å². The summed E-state index contributed by atoms with van der Waals surface area (Å²) in [6, 6.07) is 2.95. The summed E-state index contributed by atoms with van der Waals surface area (Å²) in [4.78, 5) is 17.0. The molecule has 1 saturated heterocycles. The lowest BCUT2D eigenvalue weighted by Crippen LogP contribution is -2.37. The van der Waals surface area contributed by atoms with Crippen LogP contribution in [0, 0.1) is 16.0 Å². The molecular formula is C13H20N4O3. The molecule has 2 rings (SSSR count). The van der Waals surface area contributed by atoms with Crippen LogP contribution in [0.1, 0.15) is 19.8 Å². The molecule has 0 aliphatic carbocycles. The van der Waals surface area contributed by atoms with E-state index in [2.05, 4.69) is 10.3 Å². The summed E-state index contributed by atoms with van der Waals surface area (Å²) in [6.45, 7) is 4.23. The monoisotopic (exact) mass is 280 g/mol. The highest BCUT2D eigenvalue weighted by molar-refractivity contribution is 5.56. The van der Waals surface area contributed by atoms with Crippen LogP contribution in [-0.4, -0.2) is 41.3 Å². The third-order valence-electron chi connectivity index (χ3n) is 3.47. The van der Waals surface area contributed by atoms with E-state index in [1.807, 2.05) is 11.8 Å². The van der Waals surface area contributed by atoms with Gasteiger partial charge in [0.25, 0.3) is 5.69 Å².